The highest BCUT2D eigenvalue weighted by atomic mass is 15.1. The van der Waals surface area contributed by atoms with Crippen molar-refractivity contribution in [3.05, 3.63) is 18.2 Å². The molecule has 0 amide bonds. The van der Waals surface area contributed by atoms with Gasteiger partial charge < -0.3 is 4.57 Å². The Balaban J connectivity index is 2.09. The van der Waals surface area contributed by atoms with Crippen LogP contribution in [0.1, 0.15) is 187 Å². The second-order valence-corrected chi connectivity index (χ2v) is 10.9. The smallest absolute Gasteiger partial charge is 0.111 e. The highest BCUT2D eigenvalue weighted by molar-refractivity contribution is 5.00. The number of rotatable bonds is 24. The number of nitrogens with zero attached hydrogens (tertiary/aromatic N) is 2. The van der Waals surface area contributed by atoms with Crippen molar-refractivity contribution in [3.63, 3.8) is 0 Å². The van der Waals surface area contributed by atoms with Crippen molar-refractivity contribution in [2.75, 3.05) is 0 Å². The first kappa shape index (κ1) is 30.2. The van der Waals surface area contributed by atoms with Gasteiger partial charge in [0, 0.05) is 24.4 Å². The highest BCUT2D eigenvalue weighted by Crippen LogP contribution is 2.26. The van der Waals surface area contributed by atoms with Crippen molar-refractivity contribution in [2.45, 2.75) is 181 Å². The van der Waals surface area contributed by atoms with Gasteiger partial charge in [-0.1, -0.05) is 149 Å². The fraction of sp³-hybridized carbons (Fsp3) is 0.903. The molecule has 2 heteroatoms. The summed E-state index contributed by atoms with van der Waals surface area (Å²) in [6.45, 7) is 9.38. The third kappa shape index (κ3) is 15.7. The van der Waals surface area contributed by atoms with E-state index in [-0.39, 0.29) is 0 Å². The van der Waals surface area contributed by atoms with Gasteiger partial charge in [-0.15, -0.1) is 0 Å². The van der Waals surface area contributed by atoms with E-state index in [4.69, 9.17) is 4.98 Å². The second kappa shape index (κ2) is 21.7. The lowest BCUT2D eigenvalue weighted by molar-refractivity contribution is 0.435. The highest BCUT2D eigenvalue weighted by Gasteiger charge is 2.15. The third-order valence-corrected chi connectivity index (χ3v) is 7.58. The molecule has 0 aliphatic carbocycles. The Bertz CT molecular complexity index is 521. The number of imidazole rings is 1. The third-order valence-electron chi connectivity index (χ3n) is 7.58. The maximum atomic E-state index is 4.76. The second-order valence-electron chi connectivity index (χ2n) is 10.9. The standard InChI is InChI=1S/C31H60N2/c1-5-7-9-11-13-15-16-18-20-22-24-26-30(4)33-28-27-32-31(33)29(3)25-23-21-19-17-14-12-10-8-6-2/h27-30H,5-26H2,1-4H3. The van der Waals surface area contributed by atoms with Gasteiger partial charge in [0.05, 0.1) is 0 Å². The lowest BCUT2D eigenvalue weighted by Crippen LogP contribution is -2.11. The molecule has 0 bridgehead atoms. The van der Waals surface area contributed by atoms with Crippen LogP contribution in [0.2, 0.25) is 0 Å². The molecule has 0 fully saturated rings. The van der Waals surface area contributed by atoms with Gasteiger partial charge in [0.1, 0.15) is 5.82 Å². The molecule has 194 valence electrons. The minimum Gasteiger partial charge on any atom is -0.332 e. The maximum absolute atomic E-state index is 4.76. The molecule has 1 aromatic rings. The summed E-state index contributed by atoms with van der Waals surface area (Å²) in [5.41, 5.74) is 0. The van der Waals surface area contributed by atoms with Crippen LogP contribution in [0, 0.1) is 0 Å². The summed E-state index contributed by atoms with van der Waals surface area (Å²) in [7, 11) is 0. The average Bonchev–Trinajstić information content (AvgIpc) is 3.31. The average molecular weight is 461 g/mol. The van der Waals surface area contributed by atoms with Gasteiger partial charge in [0.25, 0.3) is 0 Å². The Hall–Kier alpha value is -0.790. The summed E-state index contributed by atoms with van der Waals surface area (Å²) in [5, 5.41) is 0. The number of hydrogen-bond donors (Lipinski definition) is 0. The Kier molecular flexibility index (Phi) is 19.9. The monoisotopic (exact) mass is 460 g/mol. The van der Waals surface area contributed by atoms with Gasteiger partial charge in [-0.25, -0.2) is 4.98 Å². The van der Waals surface area contributed by atoms with Gasteiger partial charge in [-0.3, -0.25) is 0 Å². The van der Waals surface area contributed by atoms with E-state index in [1.807, 2.05) is 6.20 Å². The van der Waals surface area contributed by atoms with Gasteiger partial charge in [0.15, 0.2) is 0 Å². The van der Waals surface area contributed by atoms with Crippen LogP contribution in [-0.4, -0.2) is 9.55 Å². The first-order valence-corrected chi connectivity index (χ1v) is 15.2. The van der Waals surface area contributed by atoms with Crippen LogP contribution in [0.25, 0.3) is 0 Å². The Labute approximate surface area is 208 Å². The molecule has 2 unspecified atom stereocenters. The molecule has 0 spiro atoms. The summed E-state index contributed by atoms with van der Waals surface area (Å²) in [6, 6.07) is 0.589. The Morgan fingerprint density at radius 2 is 0.970 bits per heavy atom. The van der Waals surface area contributed by atoms with Crippen LogP contribution in [0.15, 0.2) is 12.4 Å². The summed E-state index contributed by atoms with van der Waals surface area (Å²) < 4.78 is 2.48. The van der Waals surface area contributed by atoms with E-state index in [9.17, 15) is 0 Å². The molecule has 0 aromatic carbocycles. The van der Waals surface area contributed by atoms with Crippen molar-refractivity contribution in [1.29, 1.82) is 0 Å². The van der Waals surface area contributed by atoms with E-state index < -0.39 is 0 Å². The van der Waals surface area contributed by atoms with E-state index in [2.05, 4.69) is 38.5 Å². The molecule has 0 aliphatic rings. The zero-order valence-electron chi connectivity index (χ0n) is 23.3. The Morgan fingerprint density at radius 1 is 0.576 bits per heavy atom. The van der Waals surface area contributed by atoms with E-state index in [1.165, 1.54) is 147 Å². The largest absolute Gasteiger partial charge is 0.332 e. The van der Waals surface area contributed by atoms with Crippen LogP contribution in [0.5, 0.6) is 0 Å². The van der Waals surface area contributed by atoms with Crippen LogP contribution >= 0.6 is 0 Å². The summed E-state index contributed by atoms with van der Waals surface area (Å²) >= 11 is 0. The SMILES string of the molecule is CCCCCCCCCCCCCC(C)n1ccnc1C(C)CCCCCCCCCCC. The zero-order valence-corrected chi connectivity index (χ0v) is 23.3. The number of hydrogen-bond acceptors (Lipinski definition) is 1. The summed E-state index contributed by atoms with van der Waals surface area (Å²) in [5.74, 6) is 1.91. The number of unbranched alkanes of at least 4 members (excludes halogenated alkanes) is 18. The van der Waals surface area contributed by atoms with E-state index in [0.29, 0.717) is 12.0 Å². The summed E-state index contributed by atoms with van der Waals surface area (Å²) in [4.78, 5) is 4.76. The molecule has 0 aliphatic heterocycles. The molecule has 0 saturated carbocycles. The van der Waals surface area contributed by atoms with Gasteiger partial charge in [0.2, 0.25) is 0 Å². The zero-order chi connectivity index (χ0) is 24.0. The molecular weight excluding hydrogens is 400 g/mol. The van der Waals surface area contributed by atoms with Crippen LogP contribution in [0.3, 0.4) is 0 Å². The quantitative estimate of drug-likeness (QED) is 0.140. The molecule has 0 N–H and O–H groups in total. The van der Waals surface area contributed by atoms with Gasteiger partial charge >= 0.3 is 0 Å². The van der Waals surface area contributed by atoms with Crippen molar-refractivity contribution in [1.82, 2.24) is 9.55 Å². The number of aromatic nitrogens is 2. The molecule has 2 atom stereocenters. The van der Waals surface area contributed by atoms with Gasteiger partial charge in [-0.05, 0) is 19.8 Å². The predicted octanol–water partition coefficient (Wildman–Crippen LogP) is 11.2. The predicted molar refractivity (Wildman–Crippen MR) is 148 cm³/mol. The Morgan fingerprint density at radius 3 is 1.42 bits per heavy atom. The maximum Gasteiger partial charge on any atom is 0.111 e. The van der Waals surface area contributed by atoms with Crippen molar-refractivity contribution in [2.24, 2.45) is 0 Å². The molecule has 0 radical (unpaired) electrons. The van der Waals surface area contributed by atoms with E-state index >= 15 is 0 Å². The molecule has 1 aromatic heterocycles. The first-order valence-electron chi connectivity index (χ1n) is 15.2. The fourth-order valence-electron chi connectivity index (χ4n) is 5.21. The fourth-order valence-corrected chi connectivity index (χ4v) is 5.21. The van der Waals surface area contributed by atoms with Crippen LogP contribution in [-0.2, 0) is 0 Å². The molecule has 0 saturated heterocycles. The molecule has 1 rings (SSSR count). The minimum absolute atomic E-state index is 0.587. The van der Waals surface area contributed by atoms with E-state index in [1.54, 1.807) is 0 Å². The van der Waals surface area contributed by atoms with Crippen LogP contribution < -0.4 is 0 Å². The topological polar surface area (TPSA) is 17.8 Å². The normalized spacial score (nSPS) is 13.5. The van der Waals surface area contributed by atoms with Crippen molar-refractivity contribution < 1.29 is 0 Å². The summed E-state index contributed by atoms with van der Waals surface area (Å²) in [6.07, 6.45) is 35.2. The lowest BCUT2D eigenvalue weighted by Gasteiger charge is -2.20. The van der Waals surface area contributed by atoms with Crippen LogP contribution in [0.4, 0.5) is 0 Å². The molecule has 33 heavy (non-hydrogen) atoms. The minimum atomic E-state index is 0.587. The van der Waals surface area contributed by atoms with Crippen molar-refractivity contribution >= 4 is 0 Å². The van der Waals surface area contributed by atoms with Gasteiger partial charge in [-0.2, -0.15) is 0 Å². The molecule has 2 nitrogen and oxygen atoms in total. The lowest BCUT2D eigenvalue weighted by atomic mass is 10.00. The van der Waals surface area contributed by atoms with E-state index in [0.717, 1.165) is 0 Å². The molecular formula is C31H60N2. The first-order chi connectivity index (χ1) is 16.2. The van der Waals surface area contributed by atoms with Crippen molar-refractivity contribution in [3.8, 4) is 0 Å². The molecule has 1 heterocycles.